The molecule has 114 valence electrons. The summed E-state index contributed by atoms with van der Waals surface area (Å²) >= 11 is 0. The number of hydrogen-bond acceptors (Lipinski definition) is 4. The van der Waals surface area contributed by atoms with Gasteiger partial charge in [-0.3, -0.25) is 4.68 Å². The van der Waals surface area contributed by atoms with Crippen LogP contribution in [0.5, 0.6) is 17.2 Å². The average Bonchev–Trinajstić information content (AvgIpc) is 2.94. The fourth-order valence-corrected chi connectivity index (χ4v) is 2.32. The van der Waals surface area contributed by atoms with Gasteiger partial charge in [-0.25, -0.2) is 0 Å². The SMILES string of the molecule is CCNC(C)c1c(OC)cccc1Oc1cnn(CC)c1. The molecule has 1 aromatic carbocycles. The van der Waals surface area contributed by atoms with E-state index in [0.717, 1.165) is 35.9 Å². The molecule has 0 bridgehead atoms. The van der Waals surface area contributed by atoms with E-state index >= 15 is 0 Å². The summed E-state index contributed by atoms with van der Waals surface area (Å²) in [5.41, 5.74) is 1.02. The number of hydrogen-bond donors (Lipinski definition) is 1. The molecule has 2 rings (SSSR count). The summed E-state index contributed by atoms with van der Waals surface area (Å²) in [6.07, 6.45) is 3.62. The summed E-state index contributed by atoms with van der Waals surface area (Å²) in [6, 6.07) is 5.98. The summed E-state index contributed by atoms with van der Waals surface area (Å²) in [7, 11) is 1.68. The van der Waals surface area contributed by atoms with E-state index in [0.29, 0.717) is 0 Å². The number of rotatable bonds is 7. The van der Waals surface area contributed by atoms with Crippen LogP contribution in [0, 0.1) is 0 Å². The molecule has 1 aromatic heterocycles. The molecule has 1 heterocycles. The summed E-state index contributed by atoms with van der Waals surface area (Å²) in [6.45, 7) is 7.93. The molecule has 0 saturated carbocycles. The lowest BCUT2D eigenvalue weighted by atomic mass is 10.1. The van der Waals surface area contributed by atoms with Gasteiger partial charge in [0, 0.05) is 12.6 Å². The van der Waals surface area contributed by atoms with Gasteiger partial charge in [-0.15, -0.1) is 0 Å². The van der Waals surface area contributed by atoms with Crippen LogP contribution in [0.4, 0.5) is 0 Å². The Morgan fingerprint density at radius 3 is 2.67 bits per heavy atom. The first-order valence-electron chi connectivity index (χ1n) is 7.30. The van der Waals surface area contributed by atoms with Crippen molar-refractivity contribution >= 4 is 0 Å². The van der Waals surface area contributed by atoms with Crippen molar-refractivity contribution in [3.05, 3.63) is 36.2 Å². The predicted octanol–water partition coefficient (Wildman–Crippen LogP) is 3.37. The number of aromatic nitrogens is 2. The maximum absolute atomic E-state index is 6.00. The van der Waals surface area contributed by atoms with Crippen molar-refractivity contribution in [1.82, 2.24) is 15.1 Å². The van der Waals surface area contributed by atoms with Gasteiger partial charge >= 0.3 is 0 Å². The fraction of sp³-hybridized carbons (Fsp3) is 0.438. The Hall–Kier alpha value is -2.01. The molecule has 0 fully saturated rings. The Morgan fingerprint density at radius 2 is 2.05 bits per heavy atom. The van der Waals surface area contributed by atoms with Gasteiger partial charge in [0.05, 0.1) is 25.1 Å². The molecule has 1 N–H and O–H groups in total. The molecular formula is C16H23N3O2. The molecule has 1 unspecified atom stereocenters. The lowest BCUT2D eigenvalue weighted by Crippen LogP contribution is -2.19. The number of methoxy groups -OCH3 is 1. The molecule has 0 aliphatic heterocycles. The smallest absolute Gasteiger partial charge is 0.165 e. The minimum absolute atomic E-state index is 0.141. The third-order valence-electron chi connectivity index (χ3n) is 3.35. The van der Waals surface area contributed by atoms with Gasteiger partial charge in [0.2, 0.25) is 0 Å². The molecule has 0 saturated heterocycles. The second-order valence-electron chi connectivity index (χ2n) is 4.79. The number of benzene rings is 1. The second kappa shape index (κ2) is 7.13. The van der Waals surface area contributed by atoms with Gasteiger partial charge in [-0.2, -0.15) is 5.10 Å². The van der Waals surface area contributed by atoms with Crippen LogP contribution in [0.3, 0.4) is 0 Å². The van der Waals surface area contributed by atoms with Gasteiger partial charge in [0.1, 0.15) is 11.5 Å². The van der Waals surface area contributed by atoms with Gasteiger partial charge in [0.25, 0.3) is 0 Å². The molecule has 2 aromatic rings. The highest BCUT2D eigenvalue weighted by Crippen LogP contribution is 2.36. The standard InChI is InChI=1S/C16H23N3O2/c1-5-17-12(3)16-14(20-4)8-7-9-15(16)21-13-10-18-19(6-2)11-13/h7-12,17H,5-6H2,1-4H3. The highest BCUT2D eigenvalue weighted by molar-refractivity contribution is 5.48. The molecule has 1 atom stereocenters. The normalized spacial score (nSPS) is 12.2. The average molecular weight is 289 g/mol. The van der Waals surface area contributed by atoms with Gasteiger partial charge in [0.15, 0.2) is 5.75 Å². The number of aryl methyl sites for hydroxylation is 1. The Bertz CT molecular complexity index is 581. The molecule has 21 heavy (non-hydrogen) atoms. The van der Waals surface area contributed by atoms with Crippen molar-refractivity contribution in [3.63, 3.8) is 0 Å². The monoisotopic (exact) mass is 289 g/mol. The van der Waals surface area contributed by atoms with Crippen LogP contribution in [0.15, 0.2) is 30.6 Å². The molecule has 5 nitrogen and oxygen atoms in total. The quantitative estimate of drug-likeness (QED) is 0.849. The van der Waals surface area contributed by atoms with E-state index < -0.39 is 0 Å². The minimum Gasteiger partial charge on any atom is -0.496 e. The Kier molecular flexibility index (Phi) is 5.22. The predicted molar refractivity (Wildman–Crippen MR) is 83.1 cm³/mol. The van der Waals surface area contributed by atoms with E-state index in [2.05, 4.69) is 24.3 Å². The molecule has 0 radical (unpaired) electrons. The highest BCUT2D eigenvalue weighted by atomic mass is 16.5. The Labute approximate surface area is 125 Å². The topological polar surface area (TPSA) is 48.3 Å². The van der Waals surface area contributed by atoms with E-state index in [9.17, 15) is 0 Å². The first-order valence-corrected chi connectivity index (χ1v) is 7.30. The highest BCUT2D eigenvalue weighted by Gasteiger charge is 2.17. The van der Waals surface area contributed by atoms with Crippen molar-refractivity contribution < 1.29 is 9.47 Å². The number of nitrogens with one attached hydrogen (secondary N) is 1. The largest absolute Gasteiger partial charge is 0.496 e. The van der Waals surface area contributed by atoms with Crippen LogP contribution in [-0.2, 0) is 6.54 Å². The van der Waals surface area contributed by atoms with Crippen molar-refractivity contribution in [2.45, 2.75) is 33.4 Å². The van der Waals surface area contributed by atoms with Gasteiger partial charge in [-0.1, -0.05) is 13.0 Å². The molecule has 0 spiro atoms. The summed E-state index contributed by atoms with van der Waals surface area (Å²) in [5.74, 6) is 2.34. The summed E-state index contributed by atoms with van der Waals surface area (Å²) in [5, 5.41) is 7.63. The second-order valence-corrected chi connectivity index (χ2v) is 4.79. The first-order chi connectivity index (χ1) is 10.2. The van der Waals surface area contributed by atoms with Crippen LogP contribution in [0.25, 0.3) is 0 Å². The molecule has 5 heteroatoms. The Balaban J connectivity index is 2.33. The van der Waals surface area contributed by atoms with Crippen molar-refractivity contribution in [2.75, 3.05) is 13.7 Å². The fourth-order valence-electron chi connectivity index (χ4n) is 2.32. The van der Waals surface area contributed by atoms with E-state index in [1.54, 1.807) is 13.3 Å². The van der Waals surface area contributed by atoms with Crippen LogP contribution >= 0.6 is 0 Å². The van der Waals surface area contributed by atoms with E-state index in [1.165, 1.54) is 0 Å². The lowest BCUT2D eigenvalue weighted by molar-refractivity contribution is 0.391. The Morgan fingerprint density at radius 1 is 1.29 bits per heavy atom. The molecule has 0 aliphatic rings. The van der Waals surface area contributed by atoms with E-state index in [1.807, 2.05) is 36.0 Å². The zero-order valence-corrected chi connectivity index (χ0v) is 13.1. The van der Waals surface area contributed by atoms with E-state index in [-0.39, 0.29) is 6.04 Å². The van der Waals surface area contributed by atoms with Gasteiger partial charge in [-0.05, 0) is 32.5 Å². The maximum Gasteiger partial charge on any atom is 0.165 e. The number of ether oxygens (including phenoxy) is 2. The lowest BCUT2D eigenvalue weighted by Gasteiger charge is -2.19. The third kappa shape index (κ3) is 3.55. The first kappa shape index (κ1) is 15.4. The van der Waals surface area contributed by atoms with Crippen molar-refractivity contribution in [3.8, 4) is 17.2 Å². The maximum atomic E-state index is 6.00. The van der Waals surface area contributed by atoms with Crippen LogP contribution < -0.4 is 14.8 Å². The van der Waals surface area contributed by atoms with Crippen molar-refractivity contribution in [2.24, 2.45) is 0 Å². The summed E-state index contributed by atoms with van der Waals surface area (Å²) in [4.78, 5) is 0. The summed E-state index contributed by atoms with van der Waals surface area (Å²) < 4.78 is 13.3. The number of nitrogens with zero attached hydrogens (tertiary/aromatic N) is 2. The van der Waals surface area contributed by atoms with E-state index in [4.69, 9.17) is 9.47 Å². The molecular weight excluding hydrogens is 266 g/mol. The minimum atomic E-state index is 0.141. The van der Waals surface area contributed by atoms with Crippen LogP contribution in [0.2, 0.25) is 0 Å². The third-order valence-corrected chi connectivity index (χ3v) is 3.35. The zero-order chi connectivity index (χ0) is 15.2. The zero-order valence-electron chi connectivity index (χ0n) is 13.1. The van der Waals surface area contributed by atoms with Crippen LogP contribution in [-0.4, -0.2) is 23.4 Å². The van der Waals surface area contributed by atoms with Crippen LogP contribution in [0.1, 0.15) is 32.4 Å². The van der Waals surface area contributed by atoms with Crippen molar-refractivity contribution in [1.29, 1.82) is 0 Å². The molecule has 0 amide bonds. The van der Waals surface area contributed by atoms with Gasteiger partial charge < -0.3 is 14.8 Å². The molecule has 0 aliphatic carbocycles.